The number of hydrogen-bond acceptors (Lipinski definition) is 2. The van der Waals surface area contributed by atoms with E-state index in [2.05, 4.69) is 43.5 Å². The molecule has 1 rings (SSSR count). The maximum atomic E-state index is 11.5. The van der Waals surface area contributed by atoms with Crippen molar-refractivity contribution in [3.05, 3.63) is 35.9 Å². The van der Waals surface area contributed by atoms with Gasteiger partial charge in [0.2, 0.25) is 0 Å². The fourth-order valence-electron chi connectivity index (χ4n) is 2.05. The maximum Gasteiger partial charge on any atom is 0.271 e. The zero-order chi connectivity index (χ0) is 12.7. The molecule has 0 aliphatic heterocycles. The third-order valence-electron chi connectivity index (χ3n) is 3.34. The average molecular weight is 253 g/mol. The molecular weight excluding hydrogens is 231 g/mol. The van der Waals surface area contributed by atoms with Gasteiger partial charge in [-0.25, -0.2) is 5.84 Å². The highest BCUT2D eigenvalue weighted by atomic mass is 31.2. The zero-order valence-electron chi connectivity index (χ0n) is 10.6. The van der Waals surface area contributed by atoms with Crippen molar-refractivity contribution in [3.8, 4) is 0 Å². The van der Waals surface area contributed by atoms with Gasteiger partial charge in [0.25, 0.3) is 5.91 Å². The monoisotopic (exact) mass is 253 g/mol. The molecule has 0 bridgehead atoms. The van der Waals surface area contributed by atoms with E-state index in [1.54, 1.807) is 0 Å². The average Bonchev–Trinajstić information content (AvgIpc) is 2.39. The first kappa shape index (κ1) is 14.1. The predicted molar refractivity (Wildman–Crippen MR) is 75.3 cm³/mol. The first-order chi connectivity index (χ1) is 8.15. The van der Waals surface area contributed by atoms with E-state index in [1.807, 2.05) is 6.07 Å². The Kier molecular flexibility index (Phi) is 5.60. The highest BCUT2D eigenvalue weighted by molar-refractivity contribution is 7.75. The van der Waals surface area contributed by atoms with Crippen LogP contribution in [0.2, 0.25) is 0 Å². The number of carbonyl (C=O) groups is 1. The molecule has 0 heterocycles. The molecule has 3 N–H and O–H groups in total. The van der Waals surface area contributed by atoms with E-state index in [1.165, 1.54) is 5.56 Å². The second kappa shape index (κ2) is 6.73. The van der Waals surface area contributed by atoms with Crippen molar-refractivity contribution >= 4 is 13.2 Å². The van der Waals surface area contributed by atoms with Gasteiger partial charge in [-0.05, 0) is 19.4 Å². The fraction of sp³-hybridized carbons (Fsp3) is 0.462. The molecule has 0 unspecified atom stereocenters. The quantitative estimate of drug-likeness (QED) is 0.353. The molecule has 0 saturated carbocycles. The van der Waals surface area contributed by atoms with Crippen molar-refractivity contribution in [1.29, 1.82) is 0 Å². The van der Waals surface area contributed by atoms with E-state index in [-0.39, 0.29) is 5.91 Å². The molecule has 1 aromatic carbocycles. The number of benzene rings is 1. The number of hydrazine groups is 1. The Morgan fingerprint density at radius 3 is 2.29 bits per heavy atom. The molecule has 3 nitrogen and oxygen atoms in total. The summed E-state index contributed by atoms with van der Waals surface area (Å²) in [6, 6.07) is 10.4. The Labute approximate surface area is 104 Å². The van der Waals surface area contributed by atoms with Gasteiger partial charge < -0.3 is 0 Å². The molecule has 0 spiro atoms. The highest BCUT2D eigenvalue weighted by Crippen LogP contribution is 2.60. The lowest BCUT2D eigenvalue weighted by atomic mass is 10.2. The smallest absolute Gasteiger partial charge is 0.271 e. The first-order valence-corrected chi connectivity index (χ1v) is 8.57. The van der Waals surface area contributed by atoms with Gasteiger partial charge in [0.15, 0.2) is 0 Å². The molecule has 17 heavy (non-hydrogen) atoms. The van der Waals surface area contributed by atoms with Crippen molar-refractivity contribution in [2.75, 3.05) is 18.5 Å². The van der Waals surface area contributed by atoms with Crippen molar-refractivity contribution in [2.24, 2.45) is 5.84 Å². The van der Waals surface area contributed by atoms with Gasteiger partial charge in [-0.15, -0.1) is 0 Å². The first-order valence-electron chi connectivity index (χ1n) is 6.04. The van der Waals surface area contributed by atoms with Crippen LogP contribution in [0.1, 0.15) is 19.4 Å². The minimum Gasteiger partial charge on any atom is -0.291 e. The van der Waals surface area contributed by atoms with Crippen LogP contribution in [0.5, 0.6) is 0 Å². The normalized spacial score (nSPS) is 11.2. The maximum absolute atomic E-state index is 11.5. The standard InChI is InChI=1S/C13H21N2OP/c1-3-17(4-2,11-13(16)15-14)10-12-8-6-5-7-9-12/h5-9H,3-4,10-11,14H2,1-2H3/p+1. The second-order valence-electron chi connectivity index (χ2n) is 4.34. The van der Waals surface area contributed by atoms with E-state index < -0.39 is 7.26 Å². The SMILES string of the molecule is CC[P+](CC)(CC(=O)NN)Cc1ccccc1. The summed E-state index contributed by atoms with van der Waals surface area (Å²) in [4.78, 5) is 11.5. The van der Waals surface area contributed by atoms with Gasteiger partial charge in [-0.2, -0.15) is 0 Å². The zero-order valence-corrected chi connectivity index (χ0v) is 11.5. The van der Waals surface area contributed by atoms with Crippen LogP contribution in [-0.4, -0.2) is 24.4 Å². The van der Waals surface area contributed by atoms with Gasteiger partial charge in [-0.1, -0.05) is 30.3 Å². The third kappa shape index (κ3) is 4.10. The largest absolute Gasteiger partial charge is 0.291 e. The third-order valence-corrected chi connectivity index (χ3v) is 8.02. The van der Waals surface area contributed by atoms with Gasteiger partial charge in [0, 0.05) is 7.26 Å². The lowest BCUT2D eigenvalue weighted by Crippen LogP contribution is -2.34. The number of carbonyl (C=O) groups excluding carboxylic acids is 1. The predicted octanol–water partition coefficient (Wildman–Crippen LogP) is 2.23. The van der Waals surface area contributed by atoms with Crippen LogP contribution in [-0.2, 0) is 11.0 Å². The van der Waals surface area contributed by atoms with Crippen LogP contribution >= 0.6 is 7.26 Å². The molecule has 0 saturated heterocycles. The van der Waals surface area contributed by atoms with Crippen LogP contribution in [0, 0.1) is 0 Å². The van der Waals surface area contributed by atoms with Crippen LogP contribution < -0.4 is 11.3 Å². The van der Waals surface area contributed by atoms with Crippen LogP contribution in [0.4, 0.5) is 0 Å². The van der Waals surface area contributed by atoms with E-state index in [9.17, 15) is 4.79 Å². The lowest BCUT2D eigenvalue weighted by molar-refractivity contribution is -0.118. The van der Waals surface area contributed by atoms with E-state index in [0.717, 1.165) is 18.5 Å². The molecule has 1 amide bonds. The Morgan fingerprint density at radius 2 is 1.82 bits per heavy atom. The van der Waals surface area contributed by atoms with Gasteiger partial charge in [0.1, 0.15) is 6.16 Å². The van der Waals surface area contributed by atoms with Gasteiger partial charge in [-0.3, -0.25) is 10.2 Å². The lowest BCUT2D eigenvalue weighted by Gasteiger charge is -2.24. The molecule has 0 atom stereocenters. The fourth-order valence-corrected chi connectivity index (χ4v) is 5.19. The number of amides is 1. The Bertz CT molecular complexity index is 350. The van der Waals surface area contributed by atoms with Crippen molar-refractivity contribution in [3.63, 3.8) is 0 Å². The summed E-state index contributed by atoms with van der Waals surface area (Å²) < 4.78 is 0. The number of nitrogens with one attached hydrogen (secondary N) is 1. The summed E-state index contributed by atoms with van der Waals surface area (Å²) in [6.07, 6.45) is 3.82. The van der Waals surface area contributed by atoms with E-state index >= 15 is 0 Å². The molecule has 0 aliphatic carbocycles. The number of hydrogen-bond donors (Lipinski definition) is 2. The molecule has 0 aliphatic rings. The highest BCUT2D eigenvalue weighted by Gasteiger charge is 2.36. The van der Waals surface area contributed by atoms with Crippen molar-refractivity contribution in [1.82, 2.24) is 5.43 Å². The topological polar surface area (TPSA) is 55.1 Å². The summed E-state index contributed by atoms with van der Waals surface area (Å²) in [5, 5.41) is 0. The van der Waals surface area contributed by atoms with Crippen molar-refractivity contribution < 1.29 is 4.79 Å². The Morgan fingerprint density at radius 1 is 1.24 bits per heavy atom. The van der Waals surface area contributed by atoms with Crippen LogP contribution in [0.25, 0.3) is 0 Å². The summed E-state index contributed by atoms with van der Waals surface area (Å²) in [5.74, 6) is 5.17. The number of rotatable bonds is 6. The molecule has 0 fully saturated rings. The number of nitrogens with two attached hydrogens (primary N) is 1. The van der Waals surface area contributed by atoms with E-state index in [4.69, 9.17) is 5.84 Å². The Hall–Kier alpha value is -0.920. The van der Waals surface area contributed by atoms with Crippen LogP contribution in [0.15, 0.2) is 30.3 Å². The molecular formula is C13H22N2OP+. The molecule has 0 aromatic heterocycles. The molecule has 4 heteroatoms. The summed E-state index contributed by atoms with van der Waals surface area (Å²) in [7, 11) is -1.24. The van der Waals surface area contributed by atoms with E-state index in [0.29, 0.717) is 6.16 Å². The molecule has 1 aromatic rings. The second-order valence-corrected chi connectivity index (χ2v) is 8.92. The summed E-state index contributed by atoms with van der Waals surface area (Å²) >= 11 is 0. The minimum atomic E-state index is -1.24. The summed E-state index contributed by atoms with van der Waals surface area (Å²) in [6.45, 7) is 4.37. The van der Waals surface area contributed by atoms with Crippen LogP contribution in [0.3, 0.4) is 0 Å². The minimum absolute atomic E-state index is 0.0297. The van der Waals surface area contributed by atoms with Gasteiger partial charge >= 0.3 is 0 Å². The molecule has 0 radical (unpaired) electrons. The van der Waals surface area contributed by atoms with Gasteiger partial charge in [0.05, 0.1) is 18.5 Å². The Balaban J connectivity index is 2.81. The summed E-state index contributed by atoms with van der Waals surface area (Å²) in [5.41, 5.74) is 3.59. The van der Waals surface area contributed by atoms with Crippen molar-refractivity contribution in [2.45, 2.75) is 20.0 Å². The molecule has 94 valence electrons.